The molecule has 4 nitrogen and oxygen atoms in total. The Balaban J connectivity index is 0.00000529. The van der Waals surface area contributed by atoms with Crippen LogP contribution in [0.25, 0.3) is 0 Å². The molecule has 144 valence electrons. The van der Waals surface area contributed by atoms with Crippen molar-refractivity contribution < 1.29 is 0 Å². The first-order chi connectivity index (χ1) is 10.9. The average molecular weight is 452 g/mol. The van der Waals surface area contributed by atoms with Crippen molar-refractivity contribution in [2.24, 2.45) is 16.8 Å². The molecule has 1 saturated heterocycles. The summed E-state index contributed by atoms with van der Waals surface area (Å²) in [7, 11) is 1.87. The van der Waals surface area contributed by atoms with Crippen molar-refractivity contribution in [2.45, 2.75) is 78.8 Å². The smallest absolute Gasteiger partial charge is 0.191 e. The van der Waals surface area contributed by atoms with E-state index in [9.17, 15) is 0 Å². The van der Waals surface area contributed by atoms with Crippen LogP contribution in [0.4, 0.5) is 0 Å². The van der Waals surface area contributed by atoms with Gasteiger partial charge >= 0.3 is 0 Å². The summed E-state index contributed by atoms with van der Waals surface area (Å²) in [4.78, 5) is 6.99. The number of hydrogen-bond donors (Lipinski definition) is 2. The van der Waals surface area contributed by atoms with Gasteiger partial charge in [0.15, 0.2) is 5.96 Å². The Morgan fingerprint density at radius 3 is 2.46 bits per heavy atom. The van der Waals surface area contributed by atoms with Crippen molar-refractivity contribution >= 4 is 29.9 Å². The van der Waals surface area contributed by atoms with E-state index in [1.165, 1.54) is 45.2 Å². The van der Waals surface area contributed by atoms with E-state index in [0.717, 1.165) is 24.3 Å². The fourth-order valence-corrected chi connectivity index (χ4v) is 3.31. The van der Waals surface area contributed by atoms with E-state index < -0.39 is 0 Å². The van der Waals surface area contributed by atoms with Crippen molar-refractivity contribution in [1.29, 1.82) is 0 Å². The molecule has 2 N–H and O–H groups in total. The molecule has 0 aromatic carbocycles. The molecule has 1 aliphatic heterocycles. The zero-order valence-corrected chi connectivity index (χ0v) is 19.1. The second-order valence-corrected chi connectivity index (χ2v) is 7.92. The molecule has 24 heavy (non-hydrogen) atoms. The highest BCUT2D eigenvalue weighted by Crippen LogP contribution is 2.17. The third-order valence-corrected chi connectivity index (χ3v) is 4.86. The Labute approximate surface area is 167 Å². The number of nitrogens with zero attached hydrogens (tertiary/aromatic N) is 2. The van der Waals surface area contributed by atoms with Gasteiger partial charge in [-0.2, -0.15) is 0 Å². The van der Waals surface area contributed by atoms with Crippen LogP contribution in [-0.2, 0) is 0 Å². The number of likely N-dealkylation sites (tertiary alicyclic amines) is 1. The van der Waals surface area contributed by atoms with E-state index >= 15 is 0 Å². The number of piperidine rings is 1. The van der Waals surface area contributed by atoms with Gasteiger partial charge in [-0.25, -0.2) is 0 Å². The van der Waals surface area contributed by atoms with Gasteiger partial charge in [0.25, 0.3) is 0 Å². The third-order valence-electron chi connectivity index (χ3n) is 4.86. The Hall–Kier alpha value is -0.0400. The Kier molecular flexibility index (Phi) is 13.2. The van der Waals surface area contributed by atoms with Gasteiger partial charge in [-0.1, -0.05) is 26.7 Å². The molecule has 2 unspecified atom stereocenters. The zero-order valence-electron chi connectivity index (χ0n) is 16.8. The molecule has 1 heterocycles. The normalized spacial score (nSPS) is 20.8. The third kappa shape index (κ3) is 10.1. The van der Waals surface area contributed by atoms with Crippen LogP contribution in [0.5, 0.6) is 0 Å². The summed E-state index contributed by atoms with van der Waals surface area (Å²) in [5.74, 6) is 2.50. The number of rotatable bonds is 8. The fourth-order valence-electron chi connectivity index (χ4n) is 3.31. The van der Waals surface area contributed by atoms with Crippen LogP contribution < -0.4 is 10.6 Å². The maximum atomic E-state index is 4.39. The van der Waals surface area contributed by atoms with Gasteiger partial charge in [0.05, 0.1) is 0 Å². The van der Waals surface area contributed by atoms with E-state index in [0.29, 0.717) is 12.1 Å². The zero-order chi connectivity index (χ0) is 17.2. The molecular formula is C19H41IN4. The van der Waals surface area contributed by atoms with Gasteiger partial charge in [-0.3, -0.25) is 4.99 Å². The molecule has 1 rings (SSSR count). The minimum atomic E-state index is 0. The molecule has 0 radical (unpaired) electrons. The predicted octanol–water partition coefficient (Wildman–Crippen LogP) is 4.10. The first kappa shape index (κ1) is 24.0. The summed E-state index contributed by atoms with van der Waals surface area (Å²) >= 11 is 0. The number of guanidine groups is 1. The van der Waals surface area contributed by atoms with Gasteiger partial charge in [0, 0.05) is 32.2 Å². The molecule has 5 heteroatoms. The number of halogens is 1. The molecule has 0 aromatic heterocycles. The monoisotopic (exact) mass is 452 g/mol. The van der Waals surface area contributed by atoms with Gasteiger partial charge in [-0.15, -0.1) is 24.0 Å². The molecular weight excluding hydrogens is 411 g/mol. The molecule has 0 bridgehead atoms. The van der Waals surface area contributed by atoms with Gasteiger partial charge in [-0.05, 0) is 58.4 Å². The van der Waals surface area contributed by atoms with Crippen LogP contribution in [-0.4, -0.2) is 49.6 Å². The van der Waals surface area contributed by atoms with E-state index in [2.05, 4.69) is 55.1 Å². The molecule has 0 amide bonds. The highest BCUT2D eigenvalue weighted by molar-refractivity contribution is 14.0. The largest absolute Gasteiger partial charge is 0.356 e. The molecule has 1 fully saturated rings. The van der Waals surface area contributed by atoms with Gasteiger partial charge < -0.3 is 15.5 Å². The molecule has 0 saturated carbocycles. The fraction of sp³-hybridized carbons (Fsp3) is 0.947. The lowest BCUT2D eigenvalue weighted by Crippen LogP contribution is -2.47. The number of nitrogens with one attached hydrogen (secondary N) is 2. The summed E-state index contributed by atoms with van der Waals surface area (Å²) in [5.41, 5.74) is 0. The van der Waals surface area contributed by atoms with Crippen molar-refractivity contribution in [2.75, 3.05) is 26.7 Å². The molecule has 0 aliphatic carbocycles. The first-order valence-corrected chi connectivity index (χ1v) is 9.63. The number of aliphatic imine (C=N–C) groups is 1. The van der Waals surface area contributed by atoms with Crippen molar-refractivity contribution in [3.8, 4) is 0 Å². The molecule has 2 atom stereocenters. The van der Waals surface area contributed by atoms with Crippen LogP contribution in [0.15, 0.2) is 4.99 Å². The maximum Gasteiger partial charge on any atom is 0.191 e. The lowest BCUT2D eigenvalue weighted by Gasteiger charge is -2.35. The topological polar surface area (TPSA) is 39.7 Å². The lowest BCUT2D eigenvalue weighted by molar-refractivity contribution is 0.141. The lowest BCUT2D eigenvalue weighted by atomic mass is 9.97. The first-order valence-electron chi connectivity index (χ1n) is 9.63. The molecule has 0 spiro atoms. The summed E-state index contributed by atoms with van der Waals surface area (Å²) < 4.78 is 0. The van der Waals surface area contributed by atoms with E-state index in [1.807, 2.05) is 7.05 Å². The molecule has 1 aliphatic rings. The summed E-state index contributed by atoms with van der Waals surface area (Å²) in [5, 5.41) is 7.08. The Morgan fingerprint density at radius 1 is 1.17 bits per heavy atom. The minimum absolute atomic E-state index is 0. The maximum absolute atomic E-state index is 4.39. The quantitative estimate of drug-likeness (QED) is 0.331. The van der Waals surface area contributed by atoms with Crippen molar-refractivity contribution in [3.05, 3.63) is 0 Å². The second-order valence-electron chi connectivity index (χ2n) is 7.92. The highest BCUT2D eigenvalue weighted by Gasteiger charge is 2.21. The summed E-state index contributed by atoms with van der Waals surface area (Å²) in [6.45, 7) is 15.0. The van der Waals surface area contributed by atoms with Crippen LogP contribution in [0.1, 0.15) is 66.7 Å². The Bertz CT molecular complexity index is 344. The SMILES string of the molecule is CN=C(NCC1CCCN(C(C)C)C1)NC(C)CCCC(C)C.I. The minimum Gasteiger partial charge on any atom is -0.356 e. The predicted molar refractivity (Wildman–Crippen MR) is 117 cm³/mol. The van der Waals surface area contributed by atoms with Crippen LogP contribution in [0.3, 0.4) is 0 Å². The van der Waals surface area contributed by atoms with E-state index in [-0.39, 0.29) is 24.0 Å². The highest BCUT2D eigenvalue weighted by atomic mass is 127. The van der Waals surface area contributed by atoms with Gasteiger partial charge in [0.2, 0.25) is 0 Å². The second kappa shape index (κ2) is 13.2. The van der Waals surface area contributed by atoms with E-state index in [1.54, 1.807) is 0 Å². The molecule has 0 aromatic rings. The van der Waals surface area contributed by atoms with Crippen LogP contribution >= 0.6 is 24.0 Å². The van der Waals surface area contributed by atoms with Crippen LogP contribution in [0.2, 0.25) is 0 Å². The number of hydrogen-bond acceptors (Lipinski definition) is 2. The Morgan fingerprint density at radius 2 is 1.88 bits per heavy atom. The average Bonchev–Trinajstić information content (AvgIpc) is 2.51. The van der Waals surface area contributed by atoms with Gasteiger partial charge in [0.1, 0.15) is 0 Å². The standard InChI is InChI=1S/C19H40N4.HI/c1-15(2)9-7-10-17(5)22-19(20-6)21-13-18-11-8-12-23(14-18)16(3)4;/h15-18H,7-14H2,1-6H3,(H2,20,21,22);1H. The van der Waals surface area contributed by atoms with Crippen LogP contribution in [0, 0.1) is 11.8 Å². The van der Waals surface area contributed by atoms with Crippen molar-refractivity contribution in [1.82, 2.24) is 15.5 Å². The van der Waals surface area contributed by atoms with Crippen molar-refractivity contribution in [3.63, 3.8) is 0 Å². The summed E-state index contributed by atoms with van der Waals surface area (Å²) in [6, 6.07) is 1.15. The summed E-state index contributed by atoms with van der Waals surface area (Å²) in [6.07, 6.45) is 6.46. The van der Waals surface area contributed by atoms with E-state index in [4.69, 9.17) is 0 Å².